The van der Waals surface area contributed by atoms with Crippen molar-refractivity contribution in [2.45, 2.75) is 6.92 Å². The largest absolute Gasteiger partial charge is 0.305 e. The molecule has 0 aliphatic carbocycles. The predicted molar refractivity (Wildman–Crippen MR) is 98.4 cm³/mol. The first-order valence-corrected chi connectivity index (χ1v) is 8.20. The molecule has 4 aromatic rings. The van der Waals surface area contributed by atoms with Crippen molar-refractivity contribution in [3.63, 3.8) is 0 Å². The van der Waals surface area contributed by atoms with E-state index in [1.54, 1.807) is 30.5 Å². The number of anilines is 1. The van der Waals surface area contributed by atoms with Crippen LogP contribution < -0.4 is 5.32 Å². The standard InChI is InChI=1S/C20H14F2N4O/c1-11-4-3-9-23-19(11)24-20(27)18-14-10-12(7-8-16(14)25-26-18)13-5-2-6-15(21)17(13)22/h2-10H,1H3,(H,25,26)(H,23,24,27). The number of fused-ring (bicyclic) bond motifs is 1. The lowest BCUT2D eigenvalue weighted by molar-refractivity contribution is 0.102. The number of nitrogens with one attached hydrogen (secondary N) is 2. The highest BCUT2D eigenvalue weighted by atomic mass is 19.2. The maximum absolute atomic E-state index is 14.1. The van der Waals surface area contributed by atoms with Crippen molar-refractivity contribution in [1.82, 2.24) is 15.2 Å². The monoisotopic (exact) mass is 364 g/mol. The predicted octanol–water partition coefficient (Wildman–Crippen LogP) is 4.46. The van der Waals surface area contributed by atoms with Gasteiger partial charge >= 0.3 is 0 Å². The summed E-state index contributed by atoms with van der Waals surface area (Å²) in [6, 6.07) is 12.5. The van der Waals surface area contributed by atoms with Crippen molar-refractivity contribution >= 4 is 22.6 Å². The fraction of sp³-hybridized carbons (Fsp3) is 0.0500. The summed E-state index contributed by atoms with van der Waals surface area (Å²) in [6.07, 6.45) is 1.58. The van der Waals surface area contributed by atoms with Gasteiger partial charge in [-0.25, -0.2) is 13.8 Å². The van der Waals surface area contributed by atoms with E-state index in [-0.39, 0.29) is 11.3 Å². The number of H-pyrrole nitrogens is 1. The molecule has 7 heteroatoms. The summed E-state index contributed by atoms with van der Waals surface area (Å²) in [5.41, 5.74) is 2.13. The van der Waals surface area contributed by atoms with Crippen molar-refractivity contribution in [2.75, 3.05) is 5.32 Å². The molecule has 0 aliphatic rings. The second kappa shape index (κ2) is 6.60. The Hall–Kier alpha value is -3.61. The topological polar surface area (TPSA) is 70.7 Å². The fourth-order valence-electron chi connectivity index (χ4n) is 2.86. The van der Waals surface area contributed by atoms with Crippen LogP contribution in [0, 0.1) is 18.6 Å². The lowest BCUT2D eigenvalue weighted by Gasteiger charge is -2.06. The number of aromatic nitrogens is 3. The fourth-order valence-corrected chi connectivity index (χ4v) is 2.86. The minimum absolute atomic E-state index is 0.116. The van der Waals surface area contributed by atoms with Gasteiger partial charge in [-0.1, -0.05) is 24.3 Å². The highest BCUT2D eigenvalue weighted by Crippen LogP contribution is 2.28. The first-order chi connectivity index (χ1) is 13.0. The molecule has 0 spiro atoms. The van der Waals surface area contributed by atoms with E-state index < -0.39 is 17.5 Å². The zero-order chi connectivity index (χ0) is 19.0. The molecule has 27 heavy (non-hydrogen) atoms. The summed E-state index contributed by atoms with van der Waals surface area (Å²) in [4.78, 5) is 16.8. The van der Waals surface area contributed by atoms with Crippen LogP contribution in [0.3, 0.4) is 0 Å². The van der Waals surface area contributed by atoms with E-state index in [0.29, 0.717) is 22.3 Å². The molecule has 0 atom stereocenters. The Labute approximate surface area is 153 Å². The minimum Gasteiger partial charge on any atom is -0.305 e. The molecule has 0 bridgehead atoms. The normalized spacial score (nSPS) is 10.9. The maximum Gasteiger partial charge on any atom is 0.277 e. The number of pyridine rings is 1. The van der Waals surface area contributed by atoms with Gasteiger partial charge in [0.05, 0.1) is 5.52 Å². The van der Waals surface area contributed by atoms with Gasteiger partial charge in [0.15, 0.2) is 17.3 Å². The number of hydrogen-bond acceptors (Lipinski definition) is 3. The SMILES string of the molecule is Cc1cccnc1NC(=O)c1n[nH]c2ccc(-c3cccc(F)c3F)cc12. The summed E-state index contributed by atoms with van der Waals surface area (Å²) < 4.78 is 27.7. The van der Waals surface area contributed by atoms with Gasteiger partial charge in [-0.15, -0.1) is 0 Å². The number of nitrogens with zero attached hydrogens (tertiary/aromatic N) is 2. The van der Waals surface area contributed by atoms with Crippen LogP contribution >= 0.6 is 0 Å². The molecule has 134 valence electrons. The molecule has 1 amide bonds. The van der Waals surface area contributed by atoms with Crippen LogP contribution in [0.2, 0.25) is 0 Å². The number of benzene rings is 2. The highest BCUT2D eigenvalue weighted by molar-refractivity contribution is 6.11. The van der Waals surface area contributed by atoms with Crippen LogP contribution in [0.4, 0.5) is 14.6 Å². The molecule has 2 heterocycles. The number of aromatic amines is 1. The van der Waals surface area contributed by atoms with E-state index >= 15 is 0 Å². The molecule has 2 aromatic carbocycles. The number of amides is 1. The quantitative estimate of drug-likeness (QED) is 0.564. The molecule has 0 fully saturated rings. The Kier molecular flexibility index (Phi) is 4.12. The van der Waals surface area contributed by atoms with Gasteiger partial charge in [-0.2, -0.15) is 5.10 Å². The number of carbonyl (C=O) groups excluding carboxylic acids is 1. The van der Waals surface area contributed by atoms with E-state index in [1.165, 1.54) is 12.1 Å². The molecular weight excluding hydrogens is 350 g/mol. The van der Waals surface area contributed by atoms with E-state index in [9.17, 15) is 13.6 Å². The lowest BCUT2D eigenvalue weighted by Crippen LogP contribution is -2.14. The zero-order valence-electron chi connectivity index (χ0n) is 14.3. The smallest absolute Gasteiger partial charge is 0.277 e. The van der Waals surface area contributed by atoms with Crippen LogP contribution in [0.15, 0.2) is 54.7 Å². The Morgan fingerprint density at radius 1 is 1.11 bits per heavy atom. The Bertz CT molecular complexity index is 1170. The molecule has 2 aromatic heterocycles. The molecule has 0 radical (unpaired) electrons. The number of rotatable bonds is 3. The number of carbonyl (C=O) groups is 1. The molecule has 5 nitrogen and oxygen atoms in total. The summed E-state index contributed by atoms with van der Waals surface area (Å²) in [7, 11) is 0. The lowest BCUT2D eigenvalue weighted by atomic mass is 10.0. The van der Waals surface area contributed by atoms with Gasteiger partial charge in [-0.05, 0) is 42.3 Å². The number of aryl methyl sites for hydroxylation is 1. The Morgan fingerprint density at radius 2 is 1.96 bits per heavy atom. The van der Waals surface area contributed by atoms with Gasteiger partial charge in [0.1, 0.15) is 5.82 Å². The Morgan fingerprint density at radius 3 is 2.78 bits per heavy atom. The van der Waals surface area contributed by atoms with Crippen LogP contribution in [0.1, 0.15) is 16.1 Å². The van der Waals surface area contributed by atoms with Crippen LogP contribution in [0.5, 0.6) is 0 Å². The van der Waals surface area contributed by atoms with E-state index in [1.807, 2.05) is 13.0 Å². The van der Waals surface area contributed by atoms with Crippen LogP contribution in [-0.2, 0) is 0 Å². The van der Waals surface area contributed by atoms with E-state index in [4.69, 9.17) is 0 Å². The molecule has 0 unspecified atom stereocenters. The molecule has 0 saturated heterocycles. The van der Waals surface area contributed by atoms with Crippen molar-refractivity contribution in [1.29, 1.82) is 0 Å². The average Bonchev–Trinajstić information content (AvgIpc) is 3.09. The van der Waals surface area contributed by atoms with Gasteiger partial charge in [-0.3, -0.25) is 9.89 Å². The summed E-state index contributed by atoms with van der Waals surface area (Å²) >= 11 is 0. The van der Waals surface area contributed by atoms with Gasteiger partial charge in [0, 0.05) is 17.1 Å². The molecule has 0 aliphatic heterocycles. The second-order valence-corrected chi connectivity index (χ2v) is 6.06. The van der Waals surface area contributed by atoms with E-state index in [2.05, 4.69) is 20.5 Å². The zero-order valence-corrected chi connectivity index (χ0v) is 14.3. The summed E-state index contributed by atoms with van der Waals surface area (Å²) in [6.45, 7) is 1.83. The summed E-state index contributed by atoms with van der Waals surface area (Å²) in [5, 5.41) is 10.1. The van der Waals surface area contributed by atoms with Gasteiger partial charge in [0.2, 0.25) is 0 Å². The minimum atomic E-state index is -0.935. The van der Waals surface area contributed by atoms with Gasteiger partial charge < -0.3 is 5.32 Å². The van der Waals surface area contributed by atoms with Crippen LogP contribution in [-0.4, -0.2) is 21.1 Å². The summed E-state index contributed by atoms with van der Waals surface area (Å²) in [5.74, 6) is -1.87. The molecular formula is C20H14F2N4O. The highest BCUT2D eigenvalue weighted by Gasteiger charge is 2.17. The third-order valence-electron chi connectivity index (χ3n) is 4.28. The molecule has 4 rings (SSSR count). The second-order valence-electron chi connectivity index (χ2n) is 6.06. The van der Waals surface area contributed by atoms with Crippen molar-refractivity contribution in [3.05, 3.63) is 77.6 Å². The third kappa shape index (κ3) is 3.03. The van der Waals surface area contributed by atoms with E-state index in [0.717, 1.165) is 11.6 Å². The molecule has 2 N–H and O–H groups in total. The van der Waals surface area contributed by atoms with Gasteiger partial charge in [0.25, 0.3) is 5.91 Å². The molecule has 0 saturated carbocycles. The maximum atomic E-state index is 14.1. The van der Waals surface area contributed by atoms with Crippen molar-refractivity contribution < 1.29 is 13.6 Å². The first kappa shape index (κ1) is 16.8. The van der Waals surface area contributed by atoms with Crippen molar-refractivity contribution in [3.8, 4) is 11.1 Å². The van der Waals surface area contributed by atoms with Crippen LogP contribution in [0.25, 0.3) is 22.0 Å². The number of hydrogen-bond donors (Lipinski definition) is 2. The third-order valence-corrected chi connectivity index (χ3v) is 4.28. The average molecular weight is 364 g/mol. The Balaban J connectivity index is 1.75. The number of halogens is 2. The van der Waals surface area contributed by atoms with Crippen molar-refractivity contribution in [2.24, 2.45) is 0 Å². The first-order valence-electron chi connectivity index (χ1n) is 8.20.